The maximum Gasteiger partial charge on any atom is 0.240 e. The summed E-state index contributed by atoms with van der Waals surface area (Å²) < 4.78 is 0. The van der Waals surface area contributed by atoms with Crippen LogP contribution in [-0.4, -0.2) is 63.8 Å². The zero-order valence-electron chi connectivity index (χ0n) is 15.9. The average Bonchev–Trinajstić information content (AvgIpc) is 3.08. The number of nitrogens with zero attached hydrogens (tertiary/aromatic N) is 3. The van der Waals surface area contributed by atoms with Crippen LogP contribution in [0.15, 0.2) is 24.3 Å². The van der Waals surface area contributed by atoms with Gasteiger partial charge in [-0.3, -0.25) is 19.8 Å². The molecule has 3 rings (SSSR count). The van der Waals surface area contributed by atoms with Gasteiger partial charge in [0.15, 0.2) is 0 Å². The Bertz CT molecular complexity index is 775. The highest BCUT2D eigenvalue weighted by Crippen LogP contribution is 2.26. The molecule has 1 unspecified atom stereocenters. The summed E-state index contributed by atoms with van der Waals surface area (Å²) in [5.41, 5.74) is 1.56. The molecule has 1 saturated heterocycles. The number of rotatable bonds is 5. The molecule has 0 radical (unpaired) electrons. The molecule has 2 N–H and O–H groups in total. The molecule has 1 aliphatic rings. The Balaban J connectivity index is 1.51. The van der Waals surface area contributed by atoms with E-state index in [9.17, 15) is 9.59 Å². The molecule has 1 atom stereocenters. The van der Waals surface area contributed by atoms with Crippen molar-refractivity contribution in [1.82, 2.24) is 19.8 Å². The lowest BCUT2D eigenvalue weighted by atomic mass is 10.1. The number of fused-ring (bicyclic) bond motifs is 1. The topological polar surface area (TPSA) is 81.3 Å². The van der Waals surface area contributed by atoms with Crippen LogP contribution >= 0.6 is 0 Å². The minimum atomic E-state index is -0.150. The summed E-state index contributed by atoms with van der Waals surface area (Å²) in [4.78, 5) is 35.8. The van der Waals surface area contributed by atoms with Crippen LogP contribution in [-0.2, 0) is 9.59 Å². The number of nitrogens with one attached hydrogen (secondary N) is 2. The van der Waals surface area contributed by atoms with Crippen molar-refractivity contribution >= 4 is 28.8 Å². The molecule has 0 aliphatic carbocycles. The first-order chi connectivity index (χ1) is 12.2. The number of likely N-dealkylation sites (tertiary alicyclic amines) is 1. The first kappa shape index (κ1) is 18.4. The first-order valence-corrected chi connectivity index (χ1v) is 8.96. The summed E-state index contributed by atoms with van der Waals surface area (Å²) in [5, 5.41) is 2.80. The number of carbonyl (C=O) groups is 2. The number of amides is 2. The molecule has 2 aromatic rings. The average molecular weight is 357 g/mol. The third kappa shape index (κ3) is 4.22. The number of carbonyl (C=O) groups excluding carboxylic acids is 2. The van der Waals surface area contributed by atoms with Gasteiger partial charge in [0, 0.05) is 25.0 Å². The lowest BCUT2D eigenvalue weighted by Crippen LogP contribution is -2.43. The summed E-state index contributed by atoms with van der Waals surface area (Å²) in [6, 6.07) is 7.64. The quantitative estimate of drug-likeness (QED) is 0.858. The predicted octanol–water partition coefficient (Wildman–Crippen LogP) is 2.08. The Labute approximate surface area is 153 Å². The second-order valence-electron chi connectivity index (χ2n) is 8.09. The molecule has 2 amide bonds. The summed E-state index contributed by atoms with van der Waals surface area (Å²) in [6.07, 6.45) is 0.548. The minimum absolute atomic E-state index is 0.122. The van der Waals surface area contributed by atoms with E-state index in [0.29, 0.717) is 18.9 Å². The van der Waals surface area contributed by atoms with E-state index in [0.717, 1.165) is 17.6 Å². The normalized spacial score (nSPS) is 18.1. The Morgan fingerprint density at radius 3 is 2.77 bits per heavy atom. The number of H-pyrrole nitrogens is 1. The molecule has 0 spiro atoms. The van der Waals surface area contributed by atoms with Gasteiger partial charge in [0.25, 0.3) is 0 Å². The van der Waals surface area contributed by atoms with Gasteiger partial charge in [-0.2, -0.15) is 0 Å². The van der Waals surface area contributed by atoms with Crippen LogP contribution in [0.5, 0.6) is 0 Å². The van der Waals surface area contributed by atoms with Crippen LogP contribution in [0.1, 0.15) is 27.2 Å². The van der Waals surface area contributed by atoms with Crippen molar-refractivity contribution in [1.29, 1.82) is 0 Å². The van der Waals surface area contributed by atoms with Crippen molar-refractivity contribution in [2.45, 2.75) is 32.7 Å². The van der Waals surface area contributed by atoms with E-state index in [-0.39, 0.29) is 29.8 Å². The summed E-state index contributed by atoms with van der Waals surface area (Å²) >= 11 is 0. The maximum atomic E-state index is 12.3. The van der Waals surface area contributed by atoms with Crippen LogP contribution in [0, 0.1) is 5.92 Å². The molecule has 26 heavy (non-hydrogen) atoms. The molecule has 1 fully saturated rings. The number of aromatic nitrogens is 2. The fraction of sp³-hybridized carbons (Fsp3) is 0.526. The highest BCUT2D eigenvalue weighted by Gasteiger charge is 2.36. The molecule has 140 valence electrons. The van der Waals surface area contributed by atoms with E-state index in [4.69, 9.17) is 0 Å². The number of hydrogen-bond donors (Lipinski definition) is 2. The highest BCUT2D eigenvalue weighted by atomic mass is 16.2. The zero-order valence-corrected chi connectivity index (χ0v) is 15.9. The van der Waals surface area contributed by atoms with Gasteiger partial charge in [0.05, 0.1) is 17.6 Å². The zero-order chi connectivity index (χ0) is 18.9. The van der Waals surface area contributed by atoms with Crippen molar-refractivity contribution in [3.8, 4) is 0 Å². The molecule has 1 aromatic carbocycles. The van der Waals surface area contributed by atoms with Crippen LogP contribution in [0.2, 0.25) is 0 Å². The van der Waals surface area contributed by atoms with Crippen LogP contribution < -0.4 is 5.32 Å². The van der Waals surface area contributed by atoms with Gasteiger partial charge in [-0.1, -0.05) is 12.1 Å². The first-order valence-electron chi connectivity index (χ1n) is 8.96. The molecule has 0 saturated carbocycles. The largest absolute Gasteiger partial charge is 0.338 e. The van der Waals surface area contributed by atoms with Gasteiger partial charge in [0.2, 0.25) is 17.8 Å². The van der Waals surface area contributed by atoms with Crippen molar-refractivity contribution in [3.05, 3.63) is 24.3 Å². The third-order valence-electron chi connectivity index (χ3n) is 4.65. The van der Waals surface area contributed by atoms with E-state index in [1.807, 2.05) is 41.1 Å². The monoisotopic (exact) mass is 357 g/mol. The van der Waals surface area contributed by atoms with Crippen molar-refractivity contribution in [2.24, 2.45) is 5.92 Å². The number of hydrogen-bond acceptors (Lipinski definition) is 4. The van der Waals surface area contributed by atoms with E-state index >= 15 is 0 Å². The minimum Gasteiger partial charge on any atom is -0.338 e. The standard InChI is InChI=1S/C19H27N5O2/c1-19(2,3)24-11-13(9-17(24)26)10-23(4)12-16(25)22-18-20-14-7-5-6-8-15(14)21-18/h5-8,13H,9-12H2,1-4H3,(H2,20,21,22,25). The fourth-order valence-electron chi connectivity index (χ4n) is 3.49. The van der Waals surface area contributed by atoms with Gasteiger partial charge in [-0.25, -0.2) is 4.98 Å². The molecular formula is C19H27N5O2. The molecule has 0 bridgehead atoms. The molecule has 2 heterocycles. The Kier molecular flexibility index (Phi) is 5.00. The number of likely N-dealkylation sites (N-methyl/N-ethyl adjacent to an activating group) is 1. The number of benzene rings is 1. The number of imidazole rings is 1. The number of para-hydroxylation sites is 2. The fourth-order valence-corrected chi connectivity index (χ4v) is 3.49. The van der Waals surface area contributed by atoms with Gasteiger partial charge in [0.1, 0.15) is 0 Å². The Morgan fingerprint density at radius 2 is 2.12 bits per heavy atom. The lowest BCUT2D eigenvalue weighted by molar-refractivity contribution is -0.131. The smallest absolute Gasteiger partial charge is 0.240 e. The highest BCUT2D eigenvalue weighted by molar-refractivity contribution is 5.92. The molecule has 7 nitrogen and oxygen atoms in total. The lowest BCUT2D eigenvalue weighted by Gasteiger charge is -2.32. The van der Waals surface area contributed by atoms with Crippen molar-refractivity contribution in [3.63, 3.8) is 0 Å². The van der Waals surface area contributed by atoms with Crippen LogP contribution in [0.25, 0.3) is 11.0 Å². The van der Waals surface area contributed by atoms with Crippen molar-refractivity contribution in [2.75, 3.05) is 32.0 Å². The van der Waals surface area contributed by atoms with E-state index in [2.05, 4.69) is 36.1 Å². The van der Waals surface area contributed by atoms with Gasteiger partial charge in [-0.05, 0) is 45.9 Å². The molecule has 1 aromatic heterocycles. The molecule has 7 heteroatoms. The van der Waals surface area contributed by atoms with Gasteiger partial charge >= 0.3 is 0 Å². The van der Waals surface area contributed by atoms with Gasteiger partial charge < -0.3 is 9.88 Å². The van der Waals surface area contributed by atoms with E-state index in [1.165, 1.54) is 0 Å². The third-order valence-corrected chi connectivity index (χ3v) is 4.65. The SMILES string of the molecule is CN(CC(=O)Nc1nc2ccccc2[nH]1)CC1CC(=O)N(C(C)(C)C)C1. The maximum absolute atomic E-state index is 12.3. The molecule has 1 aliphatic heterocycles. The second kappa shape index (κ2) is 7.07. The Morgan fingerprint density at radius 1 is 1.38 bits per heavy atom. The van der Waals surface area contributed by atoms with Crippen molar-refractivity contribution < 1.29 is 9.59 Å². The molecular weight excluding hydrogens is 330 g/mol. The second-order valence-corrected chi connectivity index (χ2v) is 8.09. The van der Waals surface area contributed by atoms with Crippen LogP contribution in [0.4, 0.5) is 5.95 Å². The Hall–Kier alpha value is -2.41. The summed E-state index contributed by atoms with van der Waals surface area (Å²) in [5.74, 6) is 0.788. The van der Waals surface area contributed by atoms with Gasteiger partial charge in [-0.15, -0.1) is 0 Å². The number of aromatic amines is 1. The number of anilines is 1. The van der Waals surface area contributed by atoms with Crippen LogP contribution in [0.3, 0.4) is 0 Å². The van der Waals surface area contributed by atoms with E-state index in [1.54, 1.807) is 0 Å². The summed E-state index contributed by atoms with van der Waals surface area (Å²) in [6.45, 7) is 7.88. The summed E-state index contributed by atoms with van der Waals surface area (Å²) in [7, 11) is 1.91. The van der Waals surface area contributed by atoms with E-state index < -0.39 is 0 Å². The predicted molar refractivity (Wildman–Crippen MR) is 102 cm³/mol.